The molecule has 2 heterocycles. The van der Waals surface area contributed by atoms with Gasteiger partial charge in [-0.15, -0.1) is 0 Å². The lowest BCUT2D eigenvalue weighted by Crippen LogP contribution is -2.44. The van der Waals surface area contributed by atoms with Crippen molar-refractivity contribution in [3.8, 4) is 0 Å². The number of nitrogens with one attached hydrogen (secondary N) is 1. The summed E-state index contributed by atoms with van der Waals surface area (Å²) in [5, 5.41) is 2.93. The summed E-state index contributed by atoms with van der Waals surface area (Å²) in [7, 11) is 1.60. The van der Waals surface area contributed by atoms with Crippen LogP contribution < -0.4 is 5.32 Å². The number of alkyl halides is 3. The van der Waals surface area contributed by atoms with E-state index in [1.165, 1.54) is 12.1 Å². The van der Waals surface area contributed by atoms with Crippen molar-refractivity contribution in [3.05, 3.63) is 23.9 Å². The molecule has 0 atom stereocenters. The van der Waals surface area contributed by atoms with Gasteiger partial charge in [0.15, 0.2) is 0 Å². The van der Waals surface area contributed by atoms with Crippen LogP contribution in [0.2, 0.25) is 0 Å². The van der Waals surface area contributed by atoms with Gasteiger partial charge in [0.2, 0.25) is 0 Å². The number of hydrogen-bond acceptors (Lipinski definition) is 4. The minimum Gasteiger partial charge on any atom is -0.381 e. The summed E-state index contributed by atoms with van der Waals surface area (Å²) in [6.07, 6.45) is -3.03. The highest BCUT2D eigenvalue weighted by Gasteiger charge is 2.34. The SMILES string of the molecule is COC1(CNc2cccc(C(F)(F)F)n2)CCOCC1. The van der Waals surface area contributed by atoms with E-state index >= 15 is 0 Å². The number of aromatic nitrogens is 1. The van der Waals surface area contributed by atoms with Crippen molar-refractivity contribution in [2.24, 2.45) is 0 Å². The van der Waals surface area contributed by atoms with Crippen LogP contribution in [0.3, 0.4) is 0 Å². The first-order valence-corrected chi connectivity index (χ1v) is 6.36. The predicted octanol–water partition coefficient (Wildman–Crippen LogP) is 2.71. The Hall–Kier alpha value is -1.34. The molecule has 1 saturated heterocycles. The van der Waals surface area contributed by atoms with Gasteiger partial charge >= 0.3 is 6.18 Å². The second-order valence-electron chi connectivity index (χ2n) is 4.76. The zero-order valence-electron chi connectivity index (χ0n) is 11.2. The molecule has 0 aromatic carbocycles. The lowest BCUT2D eigenvalue weighted by molar-refractivity contribution is -0.141. The standard InChI is InChI=1S/C13H17F3N2O2/c1-19-12(5-7-20-8-6-12)9-17-11-4-2-3-10(18-11)13(14,15)16/h2-4H,5-9H2,1H3,(H,17,18). The first-order chi connectivity index (χ1) is 9.45. The van der Waals surface area contributed by atoms with Gasteiger partial charge in [0, 0.05) is 39.7 Å². The summed E-state index contributed by atoms with van der Waals surface area (Å²) in [6.45, 7) is 1.58. The molecule has 1 aromatic heterocycles. The van der Waals surface area contributed by atoms with E-state index in [9.17, 15) is 13.2 Å². The summed E-state index contributed by atoms with van der Waals surface area (Å²) in [5.41, 5.74) is -1.31. The number of hydrogen-bond donors (Lipinski definition) is 1. The van der Waals surface area contributed by atoms with Crippen LogP contribution in [0.5, 0.6) is 0 Å². The highest BCUT2D eigenvalue weighted by atomic mass is 19.4. The molecule has 4 nitrogen and oxygen atoms in total. The largest absolute Gasteiger partial charge is 0.433 e. The molecule has 0 saturated carbocycles. The molecule has 0 radical (unpaired) electrons. The minimum absolute atomic E-state index is 0.197. The van der Waals surface area contributed by atoms with Crippen molar-refractivity contribution in [1.82, 2.24) is 4.98 Å². The van der Waals surface area contributed by atoms with E-state index in [1.807, 2.05) is 0 Å². The van der Waals surface area contributed by atoms with Gasteiger partial charge in [-0.2, -0.15) is 13.2 Å². The van der Waals surface area contributed by atoms with Crippen molar-refractivity contribution in [1.29, 1.82) is 0 Å². The van der Waals surface area contributed by atoms with Gasteiger partial charge in [-0.25, -0.2) is 4.98 Å². The van der Waals surface area contributed by atoms with E-state index < -0.39 is 17.5 Å². The van der Waals surface area contributed by atoms with Crippen molar-refractivity contribution in [2.75, 3.05) is 32.2 Å². The third kappa shape index (κ3) is 3.61. The molecular formula is C13H17F3N2O2. The Kier molecular flexibility index (Phi) is 4.49. The molecule has 1 aromatic rings. The maximum atomic E-state index is 12.6. The smallest absolute Gasteiger partial charge is 0.381 e. The lowest BCUT2D eigenvalue weighted by atomic mass is 9.94. The molecule has 1 fully saturated rings. The molecule has 7 heteroatoms. The zero-order chi connectivity index (χ0) is 14.6. The molecular weight excluding hydrogens is 273 g/mol. The van der Waals surface area contributed by atoms with E-state index in [1.54, 1.807) is 7.11 Å². The fraction of sp³-hybridized carbons (Fsp3) is 0.615. The second-order valence-corrected chi connectivity index (χ2v) is 4.76. The van der Waals surface area contributed by atoms with Crippen LogP contribution in [0.1, 0.15) is 18.5 Å². The van der Waals surface area contributed by atoms with E-state index in [-0.39, 0.29) is 5.82 Å². The number of nitrogens with zero attached hydrogens (tertiary/aromatic N) is 1. The third-order valence-electron chi connectivity index (χ3n) is 3.47. The Morgan fingerprint density at radius 2 is 2.05 bits per heavy atom. The Balaban J connectivity index is 2.03. The fourth-order valence-electron chi connectivity index (χ4n) is 2.14. The van der Waals surface area contributed by atoms with Crippen LogP contribution >= 0.6 is 0 Å². The average molecular weight is 290 g/mol. The van der Waals surface area contributed by atoms with Gasteiger partial charge in [0.1, 0.15) is 11.5 Å². The first kappa shape index (κ1) is 15.1. The van der Waals surface area contributed by atoms with Crippen LogP contribution in [-0.2, 0) is 15.7 Å². The number of anilines is 1. The van der Waals surface area contributed by atoms with E-state index in [4.69, 9.17) is 9.47 Å². The molecule has 2 rings (SSSR count). The lowest BCUT2D eigenvalue weighted by Gasteiger charge is -2.36. The molecule has 0 bridgehead atoms. The Labute approximate surface area is 115 Å². The quantitative estimate of drug-likeness (QED) is 0.926. The highest BCUT2D eigenvalue weighted by molar-refractivity contribution is 5.36. The van der Waals surface area contributed by atoms with Gasteiger partial charge in [-0.1, -0.05) is 6.07 Å². The van der Waals surface area contributed by atoms with Gasteiger partial charge < -0.3 is 14.8 Å². The molecule has 0 amide bonds. The number of rotatable bonds is 4. The molecule has 20 heavy (non-hydrogen) atoms. The summed E-state index contributed by atoms with van der Waals surface area (Å²) >= 11 is 0. The topological polar surface area (TPSA) is 43.4 Å². The van der Waals surface area contributed by atoms with E-state index in [0.29, 0.717) is 32.6 Å². The minimum atomic E-state index is -4.44. The van der Waals surface area contributed by atoms with E-state index in [2.05, 4.69) is 10.3 Å². The molecule has 1 aliphatic heterocycles. The zero-order valence-corrected chi connectivity index (χ0v) is 11.2. The summed E-state index contributed by atoms with van der Waals surface area (Å²) in [4.78, 5) is 3.57. The molecule has 1 aliphatic rings. The average Bonchev–Trinajstić information content (AvgIpc) is 2.46. The maximum Gasteiger partial charge on any atom is 0.433 e. The van der Waals surface area contributed by atoms with Gasteiger partial charge in [-0.3, -0.25) is 0 Å². The maximum absolute atomic E-state index is 12.6. The van der Waals surface area contributed by atoms with Crippen LogP contribution in [-0.4, -0.2) is 37.5 Å². The number of pyridine rings is 1. The van der Waals surface area contributed by atoms with Crippen LogP contribution in [0.25, 0.3) is 0 Å². The van der Waals surface area contributed by atoms with Gasteiger partial charge in [0.25, 0.3) is 0 Å². The molecule has 112 valence electrons. The number of halogens is 3. The number of ether oxygens (including phenoxy) is 2. The fourth-order valence-corrected chi connectivity index (χ4v) is 2.14. The van der Waals surface area contributed by atoms with Crippen LogP contribution in [0.15, 0.2) is 18.2 Å². The summed E-state index contributed by atoms with van der Waals surface area (Å²) < 4.78 is 48.5. The van der Waals surface area contributed by atoms with Crippen molar-refractivity contribution < 1.29 is 22.6 Å². The number of methoxy groups -OCH3 is 1. The molecule has 0 spiro atoms. The normalized spacial score (nSPS) is 18.8. The van der Waals surface area contributed by atoms with Crippen LogP contribution in [0, 0.1) is 0 Å². The van der Waals surface area contributed by atoms with Gasteiger partial charge in [0.05, 0.1) is 5.60 Å². The molecule has 0 aliphatic carbocycles. The van der Waals surface area contributed by atoms with Crippen molar-refractivity contribution in [2.45, 2.75) is 24.6 Å². The van der Waals surface area contributed by atoms with Crippen molar-refractivity contribution >= 4 is 5.82 Å². The predicted molar refractivity (Wildman–Crippen MR) is 67.5 cm³/mol. The molecule has 0 unspecified atom stereocenters. The first-order valence-electron chi connectivity index (χ1n) is 6.36. The van der Waals surface area contributed by atoms with Crippen LogP contribution in [0.4, 0.5) is 19.0 Å². The Bertz CT molecular complexity index is 445. The Morgan fingerprint density at radius 3 is 2.65 bits per heavy atom. The Morgan fingerprint density at radius 1 is 1.35 bits per heavy atom. The van der Waals surface area contributed by atoms with Crippen molar-refractivity contribution in [3.63, 3.8) is 0 Å². The monoisotopic (exact) mass is 290 g/mol. The van der Waals surface area contributed by atoms with Gasteiger partial charge in [-0.05, 0) is 12.1 Å². The third-order valence-corrected chi connectivity index (χ3v) is 3.47. The second kappa shape index (κ2) is 5.97. The summed E-state index contributed by atoms with van der Waals surface area (Å²) in [6, 6.07) is 3.80. The van der Waals surface area contributed by atoms with E-state index in [0.717, 1.165) is 6.07 Å². The molecule has 1 N–H and O–H groups in total. The highest BCUT2D eigenvalue weighted by Crippen LogP contribution is 2.29. The summed E-state index contributed by atoms with van der Waals surface area (Å²) in [5.74, 6) is 0.197.